The summed E-state index contributed by atoms with van der Waals surface area (Å²) in [7, 11) is -3.71. The van der Waals surface area contributed by atoms with E-state index < -0.39 is 15.7 Å². The smallest absolute Gasteiger partial charge is 0.191 e. The number of sulfone groups is 1. The van der Waals surface area contributed by atoms with Gasteiger partial charge in [-0.3, -0.25) is 4.99 Å². The van der Waals surface area contributed by atoms with Crippen molar-refractivity contribution in [3.8, 4) is 0 Å². The second-order valence-corrected chi connectivity index (χ2v) is 9.08. The van der Waals surface area contributed by atoms with Crippen LogP contribution in [0, 0.1) is 11.7 Å². The summed E-state index contributed by atoms with van der Waals surface area (Å²) >= 11 is 0. The third-order valence-corrected chi connectivity index (χ3v) is 6.00. The van der Waals surface area contributed by atoms with Gasteiger partial charge in [0.1, 0.15) is 10.7 Å². The fourth-order valence-corrected chi connectivity index (χ4v) is 3.95. The maximum atomic E-state index is 13.8. The Bertz CT molecular complexity index is 905. The highest BCUT2D eigenvalue weighted by Gasteiger charge is 2.18. The Hall–Kier alpha value is -2.45. The molecule has 2 aromatic carbocycles. The molecule has 0 saturated heterocycles. The van der Waals surface area contributed by atoms with Crippen molar-refractivity contribution in [3.63, 3.8) is 0 Å². The predicted octanol–water partition coefficient (Wildman–Crippen LogP) is 3.01. The van der Waals surface area contributed by atoms with E-state index in [-0.39, 0.29) is 23.1 Å². The minimum atomic E-state index is -3.71. The molecule has 0 saturated carbocycles. The van der Waals surface area contributed by atoms with Crippen LogP contribution in [-0.4, -0.2) is 46.4 Å². The van der Waals surface area contributed by atoms with E-state index >= 15 is 0 Å². The van der Waals surface area contributed by atoms with Crippen LogP contribution in [0.4, 0.5) is 4.39 Å². The standard InChI is InChI=1S/C22H30FN3O3S/c1-3-24-22(25-13-14-30(27,28)21-12-8-7-11-20(21)23)26-15-18(2)16-29-17-19-9-5-4-6-10-19/h4-12,18H,3,13-17H2,1-2H3,(H2,24,25,26). The lowest BCUT2D eigenvalue weighted by molar-refractivity contribution is 0.0945. The largest absolute Gasteiger partial charge is 0.376 e. The summed E-state index contributed by atoms with van der Waals surface area (Å²) in [5.41, 5.74) is 1.12. The van der Waals surface area contributed by atoms with Crippen molar-refractivity contribution in [1.82, 2.24) is 10.6 Å². The first-order chi connectivity index (χ1) is 14.4. The summed E-state index contributed by atoms with van der Waals surface area (Å²) in [5, 5.41) is 6.09. The number of guanidine groups is 1. The van der Waals surface area contributed by atoms with Crippen molar-refractivity contribution in [2.75, 3.05) is 32.0 Å². The highest BCUT2D eigenvalue weighted by atomic mass is 32.2. The van der Waals surface area contributed by atoms with Gasteiger partial charge in [-0.1, -0.05) is 49.4 Å². The number of halogens is 1. The normalized spacial score (nSPS) is 13.1. The number of aliphatic imine (C=N–C) groups is 1. The van der Waals surface area contributed by atoms with Gasteiger partial charge in [-0.25, -0.2) is 12.8 Å². The molecular weight excluding hydrogens is 405 g/mol. The van der Waals surface area contributed by atoms with Gasteiger partial charge in [-0.05, 0) is 30.5 Å². The Morgan fingerprint density at radius 2 is 1.80 bits per heavy atom. The van der Waals surface area contributed by atoms with Gasteiger partial charge in [0.05, 0.1) is 19.0 Å². The molecule has 0 aromatic heterocycles. The molecule has 0 aliphatic heterocycles. The number of hydrogen-bond acceptors (Lipinski definition) is 4. The maximum Gasteiger partial charge on any atom is 0.191 e. The van der Waals surface area contributed by atoms with Crippen molar-refractivity contribution in [1.29, 1.82) is 0 Å². The van der Waals surface area contributed by atoms with Crippen molar-refractivity contribution < 1.29 is 17.5 Å². The van der Waals surface area contributed by atoms with Gasteiger partial charge in [0.25, 0.3) is 0 Å². The molecular formula is C22H30FN3O3S. The monoisotopic (exact) mass is 435 g/mol. The first-order valence-electron chi connectivity index (χ1n) is 10.0. The lowest BCUT2D eigenvalue weighted by atomic mass is 10.2. The fraction of sp³-hybridized carbons (Fsp3) is 0.409. The quantitative estimate of drug-likeness (QED) is 0.419. The van der Waals surface area contributed by atoms with E-state index in [1.54, 1.807) is 0 Å². The van der Waals surface area contributed by atoms with E-state index in [1.165, 1.54) is 18.2 Å². The fourth-order valence-electron chi connectivity index (χ4n) is 2.70. The minimum absolute atomic E-state index is 0.126. The summed E-state index contributed by atoms with van der Waals surface area (Å²) in [6.07, 6.45) is 0. The van der Waals surface area contributed by atoms with Crippen LogP contribution in [0.3, 0.4) is 0 Å². The van der Waals surface area contributed by atoms with Crippen LogP contribution in [0.5, 0.6) is 0 Å². The van der Waals surface area contributed by atoms with Crippen molar-refractivity contribution in [2.45, 2.75) is 25.3 Å². The van der Waals surface area contributed by atoms with E-state index in [0.29, 0.717) is 32.3 Å². The Morgan fingerprint density at radius 1 is 1.10 bits per heavy atom. The van der Waals surface area contributed by atoms with Gasteiger partial charge in [-0.15, -0.1) is 0 Å². The SMILES string of the molecule is CCNC(=NCC(C)COCc1ccccc1)NCCS(=O)(=O)c1ccccc1F. The second kappa shape index (κ2) is 12.3. The topological polar surface area (TPSA) is 79.8 Å². The molecule has 0 bridgehead atoms. The first-order valence-corrected chi connectivity index (χ1v) is 11.7. The maximum absolute atomic E-state index is 13.8. The Morgan fingerprint density at radius 3 is 2.50 bits per heavy atom. The molecule has 0 amide bonds. The third-order valence-electron chi connectivity index (χ3n) is 4.25. The van der Waals surface area contributed by atoms with Crippen LogP contribution in [0.25, 0.3) is 0 Å². The number of hydrogen-bond donors (Lipinski definition) is 2. The molecule has 30 heavy (non-hydrogen) atoms. The molecule has 2 N–H and O–H groups in total. The van der Waals surface area contributed by atoms with Gasteiger partial charge in [0, 0.05) is 19.6 Å². The van der Waals surface area contributed by atoms with Crippen LogP contribution in [0.1, 0.15) is 19.4 Å². The molecule has 0 aliphatic rings. The highest BCUT2D eigenvalue weighted by molar-refractivity contribution is 7.91. The molecule has 6 nitrogen and oxygen atoms in total. The number of nitrogens with zero attached hydrogens (tertiary/aromatic N) is 1. The van der Waals surface area contributed by atoms with Crippen LogP contribution < -0.4 is 10.6 Å². The molecule has 0 spiro atoms. The number of ether oxygens (including phenoxy) is 1. The Balaban J connectivity index is 1.80. The Kier molecular flexibility index (Phi) is 9.76. The lowest BCUT2D eigenvalue weighted by Crippen LogP contribution is -2.40. The average Bonchev–Trinajstić information content (AvgIpc) is 2.73. The summed E-state index contributed by atoms with van der Waals surface area (Å²) in [5.74, 6) is -0.237. The van der Waals surface area contributed by atoms with Gasteiger partial charge in [0.15, 0.2) is 15.8 Å². The molecule has 0 radical (unpaired) electrons. The predicted molar refractivity (Wildman–Crippen MR) is 118 cm³/mol. The molecule has 0 heterocycles. The third kappa shape index (κ3) is 8.12. The highest BCUT2D eigenvalue weighted by Crippen LogP contribution is 2.14. The molecule has 0 fully saturated rings. The lowest BCUT2D eigenvalue weighted by Gasteiger charge is -2.14. The second-order valence-electron chi connectivity index (χ2n) is 7.00. The molecule has 1 atom stereocenters. The van der Waals surface area contributed by atoms with Gasteiger partial charge >= 0.3 is 0 Å². The van der Waals surface area contributed by atoms with E-state index in [9.17, 15) is 12.8 Å². The summed E-state index contributed by atoms with van der Waals surface area (Å²) in [6, 6.07) is 15.4. The zero-order valence-corrected chi connectivity index (χ0v) is 18.3. The zero-order valence-electron chi connectivity index (χ0n) is 17.5. The van der Waals surface area contributed by atoms with Gasteiger partial charge in [-0.2, -0.15) is 0 Å². The van der Waals surface area contributed by atoms with E-state index in [2.05, 4.69) is 15.6 Å². The van der Waals surface area contributed by atoms with E-state index in [4.69, 9.17) is 4.74 Å². The molecule has 2 rings (SSSR count). The number of nitrogens with one attached hydrogen (secondary N) is 2. The molecule has 1 unspecified atom stereocenters. The van der Waals surface area contributed by atoms with Crippen molar-refractivity contribution >= 4 is 15.8 Å². The van der Waals surface area contributed by atoms with Gasteiger partial charge in [0.2, 0.25) is 0 Å². The minimum Gasteiger partial charge on any atom is -0.376 e. The summed E-state index contributed by atoms with van der Waals surface area (Å²) < 4.78 is 44.2. The molecule has 8 heteroatoms. The van der Waals surface area contributed by atoms with E-state index in [1.807, 2.05) is 44.2 Å². The van der Waals surface area contributed by atoms with Crippen LogP contribution in [0.15, 0.2) is 64.5 Å². The van der Waals surface area contributed by atoms with Crippen molar-refractivity contribution in [2.24, 2.45) is 10.9 Å². The molecule has 164 valence electrons. The Labute approximate surface area is 178 Å². The van der Waals surface area contributed by atoms with Crippen LogP contribution in [0.2, 0.25) is 0 Å². The average molecular weight is 436 g/mol. The van der Waals surface area contributed by atoms with Crippen molar-refractivity contribution in [3.05, 3.63) is 66.0 Å². The number of benzene rings is 2. The summed E-state index contributed by atoms with van der Waals surface area (Å²) in [6.45, 7) is 6.40. The number of rotatable bonds is 11. The molecule has 0 aliphatic carbocycles. The zero-order chi connectivity index (χ0) is 21.8. The molecule has 2 aromatic rings. The van der Waals surface area contributed by atoms with E-state index in [0.717, 1.165) is 11.6 Å². The van der Waals surface area contributed by atoms with Crippen LogP contribution >= 0.6 is 0 Å². The van der Waals surface area contributed by atoms with Gasteiger partial charge < -0.3 is 15.4 Å². The summed E-state index contributed by atoms with van der Waals surface area (Å²) in [4.78, 5) is 4.21. The van der Waals surface area contributed by atoms with Crippen LogP contribution in [-0.2, 0) is 21.2 Å². The first kappa shape index (κ1) is 23.8.